The Kier molecular flexibility index (Phi) is 3.55. The van der Waals surface area contributed by atoms with Gasteiger partial charge in [-0.05, 0) is 48.5 Å². The van der Waals surface area contributed by atoms with Crippen molar-refractivity contribution >= 4 is 49.9 Å². The van der Waals surface area contributed by atoms with E-state index in [1.165, 1.54) is 0 Å². The first-order valence-electron chi connectivity index (χ1n) is 9.64. The van der Waals surface area contributed by atoms with Crippen LogP contribution in [0.3, 0.4) is 0 Å². The fraction of sp³-hybridized carbons (Fsp3) is 0. The number of ketones is 1. The third-order valence-electron chi connectivity index (χ3n) is 5.23. The van der Waals surface area contributed by atoms with Crippen molar-refractivity contribution in [3.05, 3.63) is 96.1 Å². The molecule has 4 aromatic carbocycles. The molecule has 6 rings (SSSR count). The second-order valence-electron chi connectivity index (χ2n) is 7.10. The third kappa shape index (κ3) is 2.53. The normalized spacial score (nSPS) is 11.5. The van der Waals surface area contributed by atoms with Gasteiger partial charge in [0.15, 0.2) is 5.78 Å². The lowest BCUT2D eigenvalue weighted by atomic mass is 10.00. The number of nitrogens with zero attached hydrogens (tertiary/aromatic N) is 4. The fourth-order valence-electron chi connectivity index (χ4n) is 3.80. The second kappa shape index (κ2) is 6.39. The lowest BCUT2D eigenvalue weighted by molar-refractivity contribution is 0.104. The molecular weight excluding hydrogens is 372 g/mol. The predicted octanol–water partition coefficient (Wildman–Crippen LogP) is 5.11. The number of fused-ring (bicyclic) bond motifs is 4. The van der Waals surface area contributed by atoms with Crippen LogP contribution in [0.25, 0.3) is 44.1 Å². The van der Waals surface area contributed by atoms with Crippen LogP contribution in [0.15, 0.2) is 84.9 Å². The summed E-state index contributed by atoms with van der Waals surface area (Å²) in [5.74, 6) is -0.139. The van der Waals surface area contributed by atoms with Gasteiger partial charge in [0.05, 0.1) is 44.2 Å². The highest BCUT2D eigenvalue weighted by atomic mass is 16.1. The first-order chi connectivity index (χ1) is 14.8. The van der Waals surface area contributed by atoms with E-state index in [4.69, 9.17) is 9.97 Å². The van der Waals surface area contributed by atoms with Crippen LogP contribution in [-0.2, 0) is 0 Å². The standard InChI is InChI=1S/C25H14N4O/c30-25(15-7-5-13-21-23(15)28-19-11-3-1-9-17(19)26-21)16-8-6-14-22-24(16)29-20-12-4-2-10-18(20)27-22/h1-14H. The average Bonchev–Trinajstić information content (AvgIpc) is 2.80. The molecule has 0 saturated carbocycles. The smallest absolute Gasteiger partial charge is 0.197 e. The van der Waals surface area contributed by atoms with E-state index < -0.39 is 0 Å². The molecule has 0 amide bonds. The molecule has 140 valence electrons. The number of rotatable bonds is 2. The van der Waals surface area contributed by atoms with E-state index in [0.29, 0.717) is 33.2 Å². The first-order valence-corrected chi connectivity index (χ1v) is 9.64. The van der Waals surface area contributed by atoms with Gasteiger partial charge in [-0.2, -0.15) is 0 Å². The van der Waals surface area contributed by atoms with E-state index >= 15 is 0 Å². The molecule has 0 aliphatic carbocycles. The van der Waals surface area contributed by atoms with E-state index in [1.807, 2.05) is 72.8 Å². The summed E-state index contributed by atoms with van der Waals surface area (Å²) in [6.45, 7) is 0. The Hall–Kier alpha value is -4.25. The van der Waals surface area contributed by atoms with Gasteiger partial charge in [-0.3, -0.25) is 4.79 Å². The minimum Gasteiger partial charge on any atom is -0.288 e. The topological polar surface area (TPSA) is 68.6 Å². The Morgan fingerprint density at radius 1 is 0.433 bits per heavy atom. The van der Waals surface area contributed by atoms with Crippen LogP contribution in [-0.4, -0.2) is 25.7 Å². The van der Waals surface area contributed by atoms with Gasteiger partial charge in [0.25, 0.3) is 0 Å². The van der Waals surface area contributed by atoms with Gasteiger partial charge in [-0.15, -0.1) is 0 Å². The molecule has 5 heteroatoms. The molecule has 5 nitrogen and oxygen atoms in total. The van der Waals surface area contributed by atoms with Crippen molar-refractivity contribution in [1.29, 1.82) is 0 Å². The Morgan fingerprint density at radius 2 is 0.800 bits per heavy atom. The van der Waals surface area contributed by atoms with Gasteiger partial charge >= 0.3 is 0 Å². The predicted molar refractivity (Wildman–Crippen MR) is 118 cm³/mol. The number of aromatic nitrogens is 4. The number of hydrogen-bond acceptors (Lipinski definition) is 5. The summed E-state index contributed by atoms with van der Waals surface area (Å²) in [6, 6.07) is 26.3. The lowest BCUT2D eigenvalue weighted by Crippen LogP contribution is -2.06. The minimum absolute atomic E-state index is 0.139. The summed E-state index contributed by atoms with van der Waals surface area (Å²) in [5, 5.41) is 0. The van der Waals surface area contributed by atoms with Gasteiger partial charge in [-0.1, -0.05) is 36.4 Å². The van der Waals surface area contributed by atoms with E-state index in [-0.39, 0.29) is 5.78 Å². The van der Waals surface area contributed by atoms with Gasteiger partial charge < -0.3 is 0 Å². The van der Waals surface area contributed by atoms with Crippen LogP contribution in [0.4, 0.5) is 0 Å². The molecule has 0 unspecified atom stereocenters. The van der Waals surface area contributed by atoms with Gasteiger partial charge in [-0.25, -0.2) is 19.9 Å². The highest BCUT2D eigenvalue weighted by Crippen LogP contribution is 2.25. The third-order valence-corrected chi connectivity index (χ3v) is 5.23. The molecule has 0 bridgehead atoms. The quantitative estimate of drug-likeness (QED) is 0.305. The Morgan fingerprint density at radius 3 is 1.23 bits per heavy atom. The summed E-state index contributed by atoms with van der Waals surface area (Å²) < 4.78 is 0. The van der Waals surface area contributed by atoms with E-state index in [1.54, 1.807) is 12.1 Å². The molecule has 0 saturated heterocycles. The molecule has 0 aliphatic rings. The zero-order chi connectivity index (χ0) is 20.1. The monoisotopic (exact) mass is 386 g/mol. The van der Waals surface area contributed by atoms with Crippen molar-refractivity contribution in [2.45, 2.75) is 0 Å². The summed E-state index contributed by atoms with van der Waals surface area (Å²) >= 11 is 0. The van der Waals surface area contributed by atoms with Crippen molar-refractivity contribution in [3.8, 4) is 0 Å². The van der Waals surface area contributed by atoms with E-state index in [0.717, 1.165) is 22.1 Å². The highest BCUT2D eigenvalue weighted by Gasteiger charge is 2.18. The maximum absolute atomic E-state index is 13.6. The summed E-state index contributed by atoms with van der Waals surface area (Å²) in [5.41, 5.74) is 6.70. The summed E-state index contributed by atoms with van der Waals surface area (Å²) in [7, 11) is 0. The van der Waals surface area contributed by atoms with Crippen LogP contribution in [0.1, 0.15) is 15.9 Å². The number of para-hydroxylation sites is 6. The summed E-state index contributed by atoms with van der Waals surface area (Å²) in [6.07, 6.45) is 0. The maximum atomic E-state index is 13.6. The zero-order valence-electron chi connectivity index (χ0n) is 15.8. The van der Waals surface area contributed by atoms with Crippen LogP contribution < -0.4 is 0 Å². The molecule has 0 fully saturated rings. The maximum Gasteiger partial charge on any atom is 0.197 e. The molecular formula is C25H14N4O. The van der Waals surface area contributed by atoms with Crippen LogP contribution >= 0.6 is 0 Å². The van der Waals surface area contributed by atoms with Gasteiger partial charge in [0.1, 0.15) is 11.0 Å². The summed E-state index contributed by atoms with van der Waals surface area (Å²) in [4.78, 5) is 32.4. The van der Waals surface area contributed by atoms with Crippen LogP contribution in [0, 0.1) is 0 Å². The average molecular weight is 386 g/mol. The number of carbonyl (C=O) groups excluding carboxylic acids is 1. The molecule has 6 aromatic rings. The Labute approximate surface area is 171 Å². The number of carbonyl (C=O) groups is 1. The first kappa shape index (κ1) is 16.7. The molecule has 2 aromatic heterocycles. The van der Waals surface area contributed by atoms with Crippen molar-refractivity contribution in [3.63, 3.8) is 0 Å². The van der Waals surface area contributed by atoms with Gasteiger partial charge in [0.2, 0.25) is 0 Å². The Bertz CT molecular complexity index is 1500. The van der Waals surface area contributed by atoms with E-state index in [9.17, 15) is 4.79 Å². The molecule has 0 radical (unpaired) electrons. The lowest BCUT2D eigenvalue weighted by Gasteiger charge is -2.09. The van der Waals surface area contributed by atoms with Crippen LogP contribution in [0.5, 0.6) is 0 Å². The van der Waals surface area contributed by atoms with Crippen LogP contribution in [0.2, 0.25) is 0 Å². The minimum atomic E-state index is -0.139. The molecule has 30 heavy (non-hydrogen) atoms. The highest BCUT2D eigenvalue weighted by molar-refractivity contribution is 6.20. The SMILES string of the molecule is O=C(c1cccc2nc3ccccc3nc12)c1cccc2nc3ccccc3nc12. The Balaban J connectivity index is 1.61. The molecule has 0 spiro atoms. The molecule has 0 atom stereocenters. The largest absolute Gasteiger partial charge is 0.288 e. The van der Waals surface area contributed by atoms with E-state index in [2.05, 4.69) is 9.97 Å². The number of hydrogen-bond donors (Lipinski definition) is 0. The molecule has 0 aliphatic heterocycles. The van der Waals surface area contributed by atoms with Crippen molar-refractivity contribution in [2.75, 3.05) is 0 Å². The fourth-order valence-corrected chi connectivity index (χ4v) is 3.80. The van der Waals surface area contributed by atoms with Gasteiger partial charge in [0, 0.05) is 0 Å². The van der Waals surface area contributed by atoms with Crippen molar-refractivity contribution in [2.24, 2.45) is 0 Å². The number of benzene rings is 4. The van der Waals surface area contributed by atoms with Crippen molar-refractivity contribution < 1.29 is 4.79 Å². The second-order valence-corrected chi connectivity index (χ2v) is 7.10. The zero-order valence-corrected chi connectivity index (χ0v) is 15.8. The van der Waals surface area contributed by atoms with Crippen molar-refractivity contribution in [1.82, 2.24) is 19.9 Å². The molecule has 0 N–H and O–H groups in total. The molecule has 2 heterocycles.